The highest BCUT2D eigenvalue weighted by Crippen LogP contribution is 2.22. The summed E-state index contributed by atoms with van der Waals surface area (Å²) in [6.45, 7) is 3.61. The lowest BCUT2D eigenvalue weighted by atomic mass is 9.99. The van der Waals surface area contributed by atoms with Gasteiger partial charge in [0.05, 0.1) is 6.42 Å². The van der Waals surface area contributed by atoms with Gasteiger partial charge in [-0.15, -0.1) is 0 Å². The van der Waals surface area contributed by atoms with E-state index in [1.165, 1.54) is 24.2 Å². The van der Waals surface area contributed by atoms with Gasteiger partial charge < -0.3 is 85.9 Å². The second-order valence-corrected chi connectivity index (χ2v) is 27.6. The van der Waals surface area contributed by atoms with E-state index in [1.54, 1.807) is 86.6 Å². The number of rotatable bonds is 22. The molecule has 0 saturated carbocycles. The first kappa shape index (κ1) is 81.1. The second-order valence-electron chi connectivity index (χ2n) is 27.1. The highest BCUT2D eigenvalue weighted by Gasteiger charge is 2.42. The molecular weight excluding hydrogens is 1400 g/mol. The Morgan fingerprint density at radius 1 is 0.598 bits per heavy atom. The standard InChI is InChI=1S/C74H93ClN18O14/c1-41(2)32-53-67(101)87-52-27-30-80-64(98)54(34-43-12-5-4-6-13-43)84-61(95)26-25-51(66(100)85-50(65(99)88-53)17-10-29-81-74(77)78)86-71(105)58(38-62(96)82-40-59(63(76)97)92-72(106)60-18-11-31-93(60)73(52)107)91-70(104)57(37-46-14-9-28-79-39-46)90-69(103)56(35-44-20-23-49(75)24-21-44)89-68(102)55(83-42(3)94)36-45-19-22-47-15-7-8-16-48(47)33-45/h4-9,12-16,19-24,28,33,39,41,50-60H,10-11,17-18,25-27,29-32,34-38,40H2,1-3H3,(H2,76,97)(H,80,98)(H,82,96)(H,83,94)(H,84,95)(H,85,100)(H,86,105)(H,87,101)(H,88,99)(H,89,102)(H,90,103)(H,91,104)(H,92,106)(H4,77,78,81)/t50-,51+,52+,53+,54+,55-,56-,57-,58+,59+,60+/m1/s1. The Kier molecular flexibility index (Phi) is 30.0. The molecule has 5 aromatic rings. The number of nitrogens with one attached hydrogen (secondary N) is 12. The number of aliphatic imine (C=N–C) groups is 1. The fraction of sp³-hybridized carbons (Fsp3) is 0.432. The van der Waals surface area contributed by atoms with Crippen molar-refractivity contribution in [3.05, 3.63) is 149 Å². The number of guanidine groups is 1. The van der Waals surface area contributed by atoms with Crippen LogP contribution in [-0.2, 0) is 92.8 Å². The zero-order chi connectivity index (χ0) is 77.3. The Labute approximate surface area is 622 Å². The molecular formula is C74H93ClN18O14. The molecule has 107 heavy (non-hydrogen) atoms. The molecule has 1 aromatic heterocycles. The van der Waals surface area contributed by atoms with Crippen molar-refractivity contribution in [3.8, 4) is 0 Å². The first-order valence-electron chi connectivity index (χ1n) is 35.5. The van der Waals surface area contributed by atoms with Gasteiger partial charge >= 0.3 is 0 Å². The van der Waals surface area contributed by atoms with Crippen molar-refractivity contribution >= 4 is 111 Å². The summed E-state index contributed by atoms with van der Waals surface area (Å²) in [4.78, 5) is 213. The van der Waals surface area contributed by atoms with Crippen LogP contribution in [0.1, 0.15) is 101 Å². The van der Waals surface area contributed by atoms with Crippen LogP contribution in [0.25, 0.3) is 10.8 Å². The van der Waals surface area contributed by atoms with E-state index in [2.05, 4.69) is 73.8 Å². The summed E-state index contributed by atoms with van der Waals surface area (Å²) in [6, 6.07) is 13.9. The molecule has 3 aliphatic rings. The third-order valence-electron chi connectivity index (χ3n) is 18.2. The summed E-state index contributed by atoms with van der Waals surface area (Å²) >= 11 is 6.28. The molecule has 11 atom stereocenters. The normalized spacial score (nSPS) is 21.9. The minimum atomic E-state index is -2.08. The van der Waals surface area contributed by atoms with E-state index in [1.807, 2.05) is 36.4 Å². The number of halogens is 1. The lowest BCUT2D eigenvalue weighted by molar-refractivity contribution is -0.142. The maximum absolute atomic E-state index is 15.4. The maximum Gasteiger partial charge on any atom is 0.245 e. The molecule has 570 valence electrons. The maximum atomic E-state index is 15.4. The van der Waals surface area contributed by atoms with Gasteiger partial charge in [0.25, 0.3) is 0 Å². The smallest absolute Gasteiger partial charge is 0.245 e. The van der Waals surface area contributed by atoms with Gasteiger partial charge in [-0.05, 0) is 102 Å². The number of amides is 14. The Balaban J connectivity index is 1.20. The van der Waals surface area contributed by atoms with E-state index in [4.69, 9.17) is 28.8 Å². The summed E-state index contributed by atoms with van der Waals surface area (Å²) in [5.41, 5.74) is 19.2. The quantitative estimate of drug-likeness (QED) is 0.0161. The number of pyridine rings is 1. The zero-order valence-electron chi connectivity index (χ0n) is 59.7. The molecule has 0 unspecified atom stereocenters. The van der Waals surface area contributed by atoms with Crippen LogP contribution in [-0.4, -0.2) is 191 Å². The zero-order valence-corrected chi connectivity index (χ0v) is 60.4. The molecule has 33 heteroatoms. The van der Waals surface area contributed by atoms with Gasteiger partial charge in [-0.1, -0.05) is 116 Å². The number of hydrogen-bond acceptors (Lipinski definition) is 16. The number of carbonyl (C=O) groups is 14. The number of aromatic nitrogens is 1. The van der Waals surface area contributed by atoms with E-state index >= 15 is 24.0 Å². The molecule has 0 radical (unpaired) electrons. The van der Waals surface area contributed by atoms with Crippen molar-refractivity contribution in [3.63, 3.8) is 0 Å². The Morgan fingerprint density at radius 2 is 1.23 bits per heavy atom. The predicted octanol–water partition coefficient (Wildman–Crippen LogP) is -1.58. The van der Waals surface area contributed by atoms with Crippen LogP contribution in [0, 0.1) is 5.92 Å². The summed E-state index contributed by atoms with van der Waals surface area (Å²) < 4.78 is 0. The molecule has 3 fully saturated rings. The van der Waals surface area contributed by atoms with Gasteiger partial charge in [0.2, 0.25) is 82.7 Å². The van der Waals surface area contributed by atoms with Crippen LogP contribution in [0.3, 0.4) is 0 Å². The molecule has 3 saturated heterocycles. The summed E-state index contributed by atoms with van der Waals surface area (Å²) in [7, 11) is 0. The fourth-order valence-corrected chi connectivity index (χ4v) is 12.9. The molecule has 0 spiro atoms. The lowest BCUT2D eigenvalue weighted by Gasteiger charge is -2.31. The van der Waals surface area contributed by atoms with Gasteiger partial charge in [-0.3, -0.25) is 77.1 Å². The highest BCUT2D eigenvalue weighted by molar-refractivity contribution is 6.30. The Bertz CT molecular complexity index is 4070. The van der Waals surface area contributed by atoms with Gasteiger partial charge in [0, 0.05) is 82.6 Å². The van der Waals surface area contributed by atoms with Gasteiger partial charge in [-0.2, -0.15) is 0 Å². The molecule has 4 heterocycles. The van der Waals surface area contributed by atoms with E-state index < -0.39 is 175 Å². The number of carbonyl (C=O) groups excluding carboxylic acids is 14. The fourth-order valence-electron chi connectivity index (χ4n) is 12.7. The van der Waals surface area contributed by atoms with Crippen LogP contribution in [0.4, 0.5) is 0 Å². The van der Waals surface area contributed by atoms with Crippen LogP contribution in [0.2, 0.25) is 5.02 Å². The SMILES string of the molecule is CC(=O)N[C@H](Cc1ccc2ccccc2c1)C(=O)N[C@H](Cc1ccc(Cl)cc1)C(=O)N[C@H](Cc1cccnc1)C(=O)N[C@H]1CC(=O)NC[C@@H](C(N)=O)NC(=O)[C@@H]2CCCN2C(=O)[C@@H]2CCNC(=O)[C@H](Cc3ccccc3)NC(=O)CC[C@H](NC1=O)C(=O)N[C@H](CCCN=C(N)N)C(=O)N[C@@H](CC(C)C)C(=O)N2. The third kappa shape index (κ3) is 25.1. The van der Waals surface area contributed by atoms with E-state index in [0.717, 1.165) is 10.8 Å². The lowest BCUT2D eigenvalue weighted by Crippen LogP contribution is -2.61. The molecule has 14 amide bonds. The van der Waals surface area contributed by atoms with E-state index in [9.17, 15) is 43.2 Å². The minimum absolute atomic E-state index is 0.0205. The van der Waals surface area contributed by atoms with Crippen molar-refractivity contribution in [2.24, 2.45) is 28.1 Å². The number of hydrogen-bond donors (Lipinski definition) is 15. The second kappa shape index (κ2) is 39.5. The number of nitrogens with zero attached hydrogens (tertiary/aromatic N) is 3. The van der Waals surface area contributed by atoms with Crippen LogP contribution >= 0.6 is 11.6 Å². The summed E-state index contributed by atoms with van der Waals surface area (Å²) in [5.74, 6) is -13.8. The first-order chi connectivity index (χ1) is 51.2. The molecule has 8 rings (SSSR count). The van der Waals surface area contributed by atoms with Gasteiger partial charge in [0.15, 0.2) is 5.96 Å². The van der Waals surface area contributed by atoms with Crippen molar-refractivity contribution in [2.75, 3.05) is 26.2 Å². The topological polar surface area (TPSA) is 490 Å². The molecule has 0 aliphatic carbocycles. The average molecular weight is 1490 g/mol. The molecule has 3 aliphatic heterocycles. The van der Waals surface area contributed by atoms with Crippen molar-refractivity contribution < 1.29 is 67.1 Å². The molecule has 2 bridgehead atoms. The summed E-state index contributed by atoms with van der Waals surface area (Å²) in [6.07, 6.45) is -0.368. The number of nitrogens with two attached hydrogens (primary N) is 3. The highest BCUT2D eigenvalue weighted by atomic mass is 35.5. The van der Waals surface area contributed by atoms with E-state index in [0.29, 0.717) is 27.3 Å². The summed E-state index contributed by atoms with van der Waals surface area (Å²) in [5, 5.41) is 33.9. The number of fused-ring (bicyclic) bond motifs is 11. The van der Waals surface area contributed by atoms with Gasteiger partial charge in [-0.25, -0.2) is 0 Å². The van der Waals surface area contributed by atoms with Crippen LogP contribution in [0.5, 0.6) is 0 Å². The van der Waals surface area contributed by atoms with E-state index in [-0.39, 0.29) is 95.7 Å². The van der Waals surface area contributed by atoms with Crippen LogP contribution in [0.15, 0.2) is 127 Å². The monoisotopic (exact) mass is 1490 g/mol. The van der Waals surface area contributed by atoms with Crippen LogP contribution < -0.4 is 81.0 Å². The molecule has 18 N–H and O–H groups in total. The largest absolute Gasteiger partial charge is 0.370 e. The predicted molar refractivity (Wildman–Crippen MR) is 394 cm³/mol. The van der Waals surface area contributed by atoms with Crippen molar-refractivity contribution in [2.45, 2.75) is 171 Å². The number of benzene rings is 4. The first-order valence-corrected chi connectivity index (χ1v) is 35.9. The Morgan fingerprint density at radius 3 is 1.92 bits per heavy atom. The number of primary amides is 1. The third-order valence-corrected chi connectivity index (χ3v) is 18.5. The Hall–Kier alpha value is -11.6. The van der Waals surface area contributed by atoms with Crippen molar-refractivity contribution in [1.82, 2.24) is 73.7 Å². The van der Waals surface area contributed by atoms with Crippen molar-refractivity contribution in [1.29, 1.82) is 0 Å². The average Bonchev–Trinajstić information content (AvgIpc) is 1.76. The minimum Gasteiger partial charge on any atom is -0.370 e. The molecule has 4 aromatic carbocycles. The molecule has 32 nitrogen and oxygen atoms in total. The van der Waals surface area contributed by atoms with Gasteiger partial charge in [0.1, 0.15) is 66.5 Å².